The van der Waals surface area contributed by atoms with Crippen molar-refractivity contribution < 1.29 is 9.90 Å². The van der Waals surface area contributed by atoms with E-state index in [1.807, 2.05) is 0 Å². The van der Waals surface area contributed by atoms with Gasteiger partial charge in [0.15, 0.2) is 0 Å². The molecule has 1 aliphatic heterocycles. The van der Waals surface area contributed by atoms with E-state index in [9.17, 15) is 4.79 Å². The van der Waals surface area contributed by atoms with Gasteiger partial charge in [-0.15, -0.1) is 0 Å². The number of aliphatic carboxylic acids is 1. The molecule has 2 N–H and O–H groups in total. The zero-order valence-electron chi connectivity index (χ0n) is 11.9. The van der Waals surface area contributed by atoms with Crippen molar-refractivity contribution in [3.8, 4) is 0 Å². The van der Waals surface area contributed by atoms with Crippen molar-refractivity contribution in [2.75, 3.05) is 19.6 Å². The van der Waals surface area contributed by atoms with Gasteiger partial charge in [-0.25, -0.2) is 0 Å². The second-order valence-corrected chi connectivity index (χ2v) is 6.03. The first-order valence-electron chi connectivity index (χ1n) is 7.95. The molecule has 19 heavy (non-hydrogen) atoms. The number of hydrogen-bond acceptors (Lipinski definition) is 3. The molecule has 4 heteroatoms. The lowest BCUT2D eigenvalue weighted by Gasteiger charge is -2.36. The average Bonchev–Trinajstić information content (AvgIpc) is 2.78. The quantitative estimate of drug-likeness (QED) is 0.768. The maximum Gasteiger partial charge on any atom is 0.303 e. The molecular formula is C15H28N2O2. The fourth-order valence-corrected chi connectivity index (χ4v) is 3.58. The van der Waals surface area contributed by atoms with Crippen LogP contribution in [0.15, 0.2) is 0 Å². The van der Waals surface area contributed by atoms with E-state index < -0.39 is 5.97 Å². The molecule has 1 saturated carbocycles. The van der Waals surface area contributed by atoms with Crippen molar-refractivity contribution in [1.82, 2.24) is 10.2 Å². The van der Waals surface area contributed by atoms with Crippen LogP contribution < -0.4 is 5.32 Å². The Morgan fingerprint density at radius 1 is 1.16 bits per heavy atom. The molecule has 1 saturated heterocycles. The molecule has 1 unspecified atom stereocenters. The summed E-state index contributed by atoms with van der Waals surface area (Å²) in [5, 5.41) is 12.4. The molecule has 2 fully saturated rings. The van der Waals surface area contributed by atoms with Gasteiger partial charge >= 0.3 is 5.97 Å². The Bertz CT molecular complexity index is 275. The average molecular weight is 268 g/mol. The van der Waals surface area contributed by atoms with Crippen molar-refractivity contribution in [1.29, 1.82) is 0 Å². The summed E-state index contributed by atoms with van der Waals surface area (Å²) in [5.74, 6) is -0.662. The van der Waals surface area contributed by atoms with Crippen LogP contribution in [-0.4, -0.2) is 47.7 Å². The van der Waals surface area contributed by atoms with Crippen LogP contribution in [0.5, 0.6) is 0 Å². The molecule has 0 aromatic heterocycles. The molecular weight excluding hydrogens is 240 g/mol. The minimum Gasteiger partial charge on any atom is -0.481 e. The summed E-state index contributed by atoms with van der Waals surface area (Å²) in [6, 6.07) is 1.11. The Morgan fingerprint density at radius 3 is 2.58 bits per heavy atom. The van der Waals surface area contributed by atoms with Gasteiger partial charge in [0.05, 0.1) is 0 Å². The second-order valence-electron chi connectivity index (χ2n) is 6.03. The zero-order valence-corrected chi connectivity index (χ0v) is 11.9. The third kappa shape index (κ3) is 4.77. The van der Waals surface area contributed by atoms with Crippen LogP contribution in [0.2, 0.25) is 0 Å². The van der Waals surface area contributed by atoms with Gasteiger partial charge in [0, 0.05) is 25.0 Å². The number of hydrogen-bond donors (Lipinski definition) is 2. The van der Waals surface area contributed by atoms with Gasteiger partial charge in [0.2, 0.25) is 0 Å². The maximum atomic E-state index is 10.8. The molecule has 110 valence electrons. The third-order valence-corrected chi connectivity index (χ3v) is 4.60. The number of carboxylic acids is 1. The van der Waals surface area contributed by atoms with Gasteiger partial charge in [-0.1, -0.05) is 25.7 Å². The van der Waals surface area contributed by atoms with Crippen LogP contribution in [0.3, 0.4) is 0 Å². The zero-order chi connectivity index (χ0) is 13.5. The first-order valence-corrected chi connectivity index (χ1v) is 7.95. The topological polar surface area (TPSA) is 52.6 Å². The lowest BCUT2D eigenvalue weighted by molar-refractivity contribution is -0.137. The fraction of sp³-hybridized carbons (Fsp3) is 0.933. The van der Waals surface area contributed by atoms with E-state index in [0.717, 1.165) is 26.1 Å². The van der Waals surface area contributed by atoms with Gasteiger partial charge < -0.3 is 10.4 Å². The molecule has 1 atom stereocenters. The van der Waals surface area contributed by atoms with Crippen molar-refractivity contribution in [2.45, 2.75) is 69.9 Å². The maximum absolute atomic E-state index is 10.8. The molecule has 2 aliphatic rings. The molecule has 0 spiro atoms. The Morgan fingerprint density at radius 2 is 1.89 bits per heavy atom. The van der Waals surface area contributed by atoms with E-state index in [-0.39, 0.29) is 0 Å². The second kappa shape index (κ2) is 7.85. The van der Waals surface area contributed by atoms with E-state index in [0.29, 0.717) is 18.5 Å². The van der Waals surface area contributed by atoms with Crippen molar-refractivity contribution in [3.05, 3.63) is 0 Å². The Kier molecular flexibility index (Phi) is 6.11. The summed E-state index contributed by atoms with van der Waals surface area (Å²) in [5.41, 5.74) is 0. The number of carboxylic acid groups (broad SMARTS) is 1. The highest BCUT2D eigenvalue weighted by Crippen LogP contribution is 2.25. The van der Waals surface area contributed by atoms with Crippen molar-refractivity contribution in [3.63, 3.8) is 0 Å². The summed E-state index contributed by atoms with van der Waals surface area (Å²) < 4.78 is 0. The Hall–Kier alpha value is -0.610. The van der Waals surface area contributed by atoms with Crippen LogP contribution in [-0.2, 0) is 4.79 Å². The van der Waals surface area contributed by atoms with Crippen LogP contribution >= 0.6 is 0 Å². The summed E-state index contributed by atoms with van der Waals surface area (Å²) >= 11 is 0. The van der Waals surface area contributed by atoms with Gasteiger partial charge in [0.25, 0.3) is 0 Å². The van der Waals surface area contributed by atoms with E-state index in [4.69, 9.17) is 5.11 Å². The summed E-state index contributed by atoms with van der Waals surface area (Å²) in [7, 11) is 0. The normalized spacial score (nSPS) is 27.7. The highest BCUT2D eigenvalue weighted by Gasteiger charge is 2.28. The largest absolute Gasteiger partial charge is 0.481 e. The Labute approximate surface area is 116 Å². The standard InChI is InChI=1S/C15H28N2O2/c18-15(19)9-8-14-12-16-10-5-11-17(14)13-6-3-1-2-4-7-13/h13-14,16H,1-12H2,(H,18,19). The van der Waals surface area contributed by atoms with Crippen LogP contribution in [0, 0.1) is 0 Å². The summed E-state index contributed by atoms with van der Waals surface area (Å²) in [4.78, 5) is 13.5. The molecule has 0 aromatic carbocycles. The Balaban J connectivity index is 1.96. The summed E-state index contributed by atoms with van der Waals surface area (Å²) in [6.45, 7) is 3.18. The molecule has 4 nitrogen and oxygen atoms in total. The number of nitrogens with zero attached hydrogens (tertiary/aromatic N) is 1. The highest BCUT2D eigenvalue weighted by atomic mass is 16.4. The van der Waals surface area contributed by atoms with E-state index in [2.05, 4.69) is 10.2 Å². The van der Waals surface area contributed by atoms with Gasteiger partial charge in [-0.05, 0) is 38.8 Å². The smallest absolute Gasteiger partial charge is 0.303 e. The fourth-order valence-electron chi connectivity index (χ4n) is 3.58. The molecule has 0 radical (unpaired) electrons. The van der Waals surface area contributed by atoms with Crippen LogP contribution in [0.1, 0.15) is 57.8 Å². The lowest BCUT2D eigenvalue weighted by atomic mass is 10.0. The minimum absolute atomic E-state index is 0.301. The molecule has 0 aromatic rings. The molecule has 2 rings (SSSR count). The van der Waals surface area contributed by atoms with Gasteiger partial charge in [0.1, 0.15) is 0 Å². The number of rotatable bonds is 4. The predicted molar refractivity (Wildman–Crippen MR) is 76.3 cm³/mol. The van der Waals surface area contributed by atoms with Gasteiger partial charge in [-0.2, -0.15) is 0 Å². The summed E-state index contributed by atoms with van der Waals surface area (Å²) in [6.07, 6.45) is 10.4. The molecule has 0 bridgehead atoms. The van der Waals surface area contributed by atoms with E-state index in [1.54, 1.807) is 0 Å². The van der Waals surface area contributed by atoms with Crippen LogP contribution in [0.25, 0.3) is 0 Å². The molecule has 1 heterocycles. The number of carbonyl (C=O) groups is 1. The monoisotopic (exact) mass is 268 g/mol. The molecule has 0 amide bonds. The van der Waals surface area contributed by atoms with Crippen molar-refractivity contribution in [2.24, 2.45) is 0 Å². The lowest BCUT2D eigenvalue weighted by Crippen LogP contribution is -2.46. The SMILES string of the molecule is O=C(O)CCC1CNCCCN1C1CCCCCC1. The highest BCUT2D eigenvalue weighted by molar-refractivity contribution is 5.66. The van der Waals surface area contributed by atoms with Crippen molar-refractivity contribution >= 4 is 5.97 Å². The van der Waals surface area contributed by atoms with Gasteiger partial charge in [-0.3, -0.25) is 9.69 Å². The van der Waals surface area contributed by atoms with E-state index >= 15 is 0 Å². The predicted octanol–water partition coefficient (Wildman–Crippen LogP) is 2.24. The first kappa shape index (κ1) is 14.8. The molecule has 1 aliphatic carbocycles. The first-order chi connectivity index (χ1) is 9.27. The third-order valence-electron chi connectivity index (χ3n) is 4.60. The van der Waals surface area contributed by atoms with E-state index in [1.165, 1.54) is 44.9 Å². The minimum atomic E-state index is -0.662. The number of nitrogens with one attached hydrogen (secondary N) is 1. The van der Waals surface area contributed by atoms with Crippen LogP contribution in [0.4, 0.5) is 0 Å².